The summed E-state index contributed by atoms with van der Waals surface area (Å²) in [5.41, 5.74) is 1.23. The van der Waals surface area contributed by atoms with Gasteiger partial charge in [0.25, 0.3) is 0 Å². The molecular formula is C19H27BO4. The van der Waals surface area contributed by atoms with Gasteiger partial charge in [0.2, 0.25) is 0 Å². The molecule has 0 unspecified atom stereocenters. The van der Waals surface area contributed by atoms with E-state index >= 15 is 0 Å². The third-order valence-corrected chi connectivity index (χ3v) is 4.53. The summed E-state index contributed by atoms with van der Waals surface area (Å²) >= 11 is 0. The highest BCUT2D eigenvalue weighted by Gasteiger charge is 2.52. The van der Waals surface area contributed by atoms with E-state index in [0.717, 1.165) is 16.8 Å². The maximum absolute atomic E-state index is 6.15. The van der Waals surface area contributed by atoms with E-state index in [-0.39, 0.29) is 11.2 Å². The van der Waals surface area contributed by atoms with Gasteiger partial charge in [-0.05, 0) is 50.9 Å². The highest BCUT2D eigenvalue weighted by atomic mass is 16.7. The zero-order valence-corrected chi connectivity index (χ0v) is 15.3. The molecule has 1 aliphatic heterocycles. The van der Waals surface area contributed by atoms with E-state index in [2.05, 4.69) is 6.58 Å². The van der Waals surface area contributed by atoms with E-state index in [4.69, 9.17) is 18.8 Å². The lowest BCUT2D eigenvalue weighted by Gasteiger charge is -2.32. The molecule has 0 aromatic heterocycles. The Morgan fingerprint density at radius 3 is 2.21 bits per heavy atom. The first-order valence-corrected chi connectivity index (χ1v) is 8.18. The fraction of sp³-hybridized carbons (Fsp3) is 0.474. The van der Waals surface area contributed by atoms with Crippen molar-refractivity contribution in [3.63, 3.8) is 0 Å². The van der Waals surface area contributed by atoms with Gasteiger partial charge < -0.3 is 18.8 Å². The van der Waals surface area contributed by atoms with Gasteiger partial charge in [0.1, 0.15) is 5.75 Å². The van der Waals surface area contributed by atoms with Gasteiger partial charge in [0.15, 0.2) is 0 Å². The van der Waals surface area contributed by atoms with Gasteiger partial charge in [0, 0.05) is 0 Å². The van der Waals surface area contributed by atoms with Crippen LogP contribution in [-0.2, 0) is 14.0 Å². The number of benzene rings is 1. The van der Waals surface area contributed by atoms with E-state index < -0.39 is 7.12 Å². The quantitative estimate of drug-likeness (QED) is 0.431. The Hall–Kier alpha value is -1.56. The monoisotopic (exact) mass is 330 g/mol. The molecule has 1 heterocycles. The minimum Gasteiger partial charge on any atom is -0.497 e. The van der Waals surface area contributed by atoms with E-state index in [1.54, 1.807) is 13.2 Å². The molecule has 24 heavy (non-hydrogen) atoms. The molecule has 0 radical (unpaired) electrons. The fourth-order valence-corrected chi connectivity index (χ4v) is 2.35. The van der Waals surface area contributed by atoms with E-state index in [1.165, 1.54) is 0 Å². The molecule has 1 aromatic carbocycles. The summed E-state index contributed by atoms with van der Waals surface area (Å²) in [6.07, 6.45) is 3.78. The molecule has 5 heteroatoms. The lowest BCUT2D eigenvalue weighted by molar-refractivity contribution is 0.00578. The van der Waals surface area contributed by atoms with Crippen LogP contribution in [-0.4, -0.2) is 38.6 Å². The molecule has 4 nitrogen and oxygen atoms in total. The van der Waals surface area contributed by atoms with Crippen LogP contribution < -0.4 is 4.74 Å². The normalized spacial score (nSPS) is 19.4. The molecule has 0 atom stereocenters. The molecule has 1 aliphatic rings. The number of ether oxygens (including phenoxy) is 2. The van der Waals surface area contributed by atoms with Gasteiger partial charge >= 0.3 is 7.12 Å². The molecule has 1 aromatic rings. The third kappa shape index (κ3) is 4.29. The predicted octanol–water partition coefficient (Wildman–Crippen LogP) is 3.91. The van der Waals surface area contributed by atoms with Crippen molar-refractivity contribution < 1.29 is 18.8 Å². The van der Waals surface area contributed by atoms with Crippen LogP contribution in [0.2, 0.25) is 0 Å². The molecule has 130 valence electrons. The average molecular weight is 330 g/mol. The molecule has 0 bridgehead atoms. The minimum atomic E-state index is -0.429. The molecule has 0 N–H and O–H groups in total. The van der Waals surface area contributed by atoms with Crippen molar-refractivity contribution in [2.24, 2.45) is 0 Å². The van der Waals surface area contributed by atoms with Crippen LogP contribution >= 0.6 is 0 Å². The van der Waals surface area contributed by atoms with Crippen LogP contribution in [0.15, 0.2) is 42.4 Å². The first-order valence-electron chi connectivity index (χ1n) is 8.18. The van der Waals surface area contributed by atoms with Crippen molar-refractivity contribution in [1.82, 2.24) is 0 Å². The Morgan fingerprint density at radius 2 is 1.71 bits per heavy atom. The van der Waals surface area contributed by atoms with Gasteiger partial charge in [-0.1, -0.05) is 24.3 Å². The first kappa shape index (κ1) is 18.8. The SMILES string of the molecule is C=CCOCC(=Cc1ccc(OC)cc1)B1OC(C)(C)C(C)(C)O1. The van der Waals surface area contributed by atoms with Crippen molar-refractivity contribution in [2.45, 2.75) is 38.9 Å². The van der Waals surface area contributed by atoms with E-state index in [9.17, 15) is 0 Å². The molecule has 1 saturated heterocycles. The summed E-state index contributed by atoms with van der Waals surface area (Å²) in [6, 6.07) is 7.85. The molecule has 0 amide bonds. The summed E-state index contributed by atoms with van der Waals surface area (Å²) in [5, 5.41) is 0. The van der Waals surface area contributed by atoms with E-state index in [1.807, 2.05) is 58.0 Å². The van der Waals surface area contributed by atoms with Crippen molar-refractivity contribution in [3.8, 4) is 5.75 Å². The minimum absolute atomic E-state index is 0.380. The molecule has 0 aliphatic carbocycles. The van der Waals surface area contributed by atoms with Gasteiger partial charge in [-0.2, -0.15) is 0 Å². The van der Waals surface area contributed by atoms with Gasteiger partial charge in [0.05, 0.1) is 31.5 Å². The summed E-state index contributed by atoms with van der Waals surface area (Å²) in [6.45, 7) is 12.8. The Labute approximate surface area is 145 Å². The second-order valence-corrected chi connectivity index (χ2v) is 6.88. The van der Waals surface area contributed by atoms with Gasteiger partial charge in [-0.3, -0.25) is 0 Å². The van der Waals surface area contributed by atoms with Crippen LogP contribution in [0.5, 0.6) is 5.75 Å². The van der Waals surface area contributed by atoms with Crippen LogP contribution in [0, 0.1) is 0 Å². The number of hydrogen-bond acceptors (Lipinski definition) is 4. The lowest BCUT2D eigenvalue weighted by Crippen LogP contribution is -2.41. The molecule has 0 saturated carbocycles. The largest absolute Gasteiger partial charge is 0.497 e. The van der Waals surface area contributed by atoms with Crippen molar-refractivity contribution in [1.29, 1.82) is 0 Å². The second kappa shape index (κ2) is 7.56. The van der Waals surface area contributed by atoms with Crippen LogP contribution in [0.25, 0.3) is 6.08 Å². The van der Waals surface area contributed by atoms with Crippen molar-refractivity contribution in [3.05, 3.63) is 48.0 Å². The number of hydrogen-bond donors (Lipinski definition) is 0. The van der Waals surface area contributed by atoms with Crippen molar-refractivity contribution >= 4 is 13.2 Å². The van der Waals surface area contributed by atoms with Crippen LogP contribution in [0.4, 0.5) is 0 Å². The summed E-state index contributed by atoms with van der Waals surface area (Å²) in [7, 11) is 1.23. The highest BCUT2D eigenvalue weighted by molar-refractivity contribution is 6.55. The maximum atomic E-state index is 6.15. The molecule has 1 fully saturated rings. The highest BCUT2D eigenvalue weighted by Crippen LogP contribution is 2.38. The fourth-order valence-electron chi connectivity index (χ4n) is 2.35. The molecular weight excluding hydrogens is 303 g/mol. The van der Waals surface area contributed by atoms with Crippen LogP contribution in [0.1, 0.15) is 33.3 Å². The number of methoxy groups -OCH3 is 1. The molecule has 0 spiro atoms. The second-order valence-electron chi connectivity index (χ2n) is 6.88. The Kier molecular flexibility index (Phi) is 5.91. The van der Waals surface area contributed by atoms with Crippen LogP contribution in [0.3, 0.4) is 0 Å². The lowest BCUT2D eigenvalue weighted by atomic mass is 9.77. The Balaban J connectivity index is 2.24. The topological polar surface area (TPSA) is 36.9 Å². The van der Waals surface area contributed by atoms with Gasteiger partial charge in [-0.15, -0.1) is 6.58 Å². The van der Waals surface area contributed by atoms with Gasteiger partial charge in [-0.25, -0.2) is 0 Å². The summed E-state index contributed by atoms with van der Waals surface area (Å²) in [5.74, 6) is 0.826. The summed E-state index contributed by atoms with van der Waals surface area (Å²) in [4.78, 5) is 0. The smallest absolute Gasteiger partial charge is 0.492 e. The number of rotatable bonds is 7. The Morgan fingerprint density at radius 1 is 1.12 bits per heavy atom. The third-order valence-electron chi connectivity index (χ3n) is 4.53. The average Bonchev–Trinajstić information content (AvgIpc) is 2.75. The maximum Gasteiger partial charge on any atom is 0.492 e. The standard InChI is InChI=1S/C19H27BO4/c1-7-12-22-14-16(13-15-8-10-17(21-6)11-9-15)20-23-18(2,3)19(4,5)24-20/h7-11,13H,1,12,14H2,2-6H3. The first-order chi connectivity index (χ1) is 11.3. The van der Waals surface area contributed by atoms with E-state index in [0.29, 0.717) is 13.2 Å². The summed E-state index contributed by atoms with van der Waals surface area (Å²) < 4.78 is 23.1. The zero-order valence-electron chi connectivity index (χ0n) is 15.3. The predicted molar refractivity (Wildman–Crippen MR) is 98.1 cm³/mol. The Bertz CT molecular complexity index is 574. The molecule has 2 rings (SSSR count). The van der Waals surface area contributed by atoms with Crippen molar-refractivity contribution in [2.75, 3.05) is 20.3 Å². The zero-order chi connectivity index (χ0) is 17.8.